The predicted octanol–water partition coefficient (Wildman–Crippen LogP) is 12.4. The van der Waals surface area contributed by atoms with Gasteiger partial charge in [0, 0.05) is 32.4 Å². The van der Waals surface area contributed by atoms with E-state index in [4.69, 9.17) is 9.97 Å². The first-order valence-electron chi connectivity index (χ1n) is 20.0. The third kappa shape index (κ3) is 3.83. The van der Waals surface area contributed by atoms with Gasteiger partial charge in [0.1, 0.15) is 23.7 Å². The molecule has 0 amide bonds. The van der Waals surface area contributed by atoms with Crippen LogP contribution in [0.3, 0.4) is 0 Å². The molecule has 0 N–H and O–H groups in total. The minimum Gasteiger partial charge on any atom is -0.306 e. The van der Waals surface area contributed by atoms with E-state index in [2.05, 4.69) is 168 Å². The standard InChI is InChI=1S/C52H36N6/c1-51(2)37-15-7-5-13-31(37)33-19-21-41-45(47(33)51)49-43(25-53-27-55-49)57(41)39-17-9-11-29-24-36-30(23-35(29)39)12-10-18-40(36)58-42-22-20-34-32-14-6-8-16-38(32)52(3,4)48(34)46(42)50-44(58)26-54-28-56-50/h5-28H,1-4H3. The number of hydrogen-bond acceptors (Lipinski definition) is 4. The van der Waals surface area contributed by atoms with Gasteiger partial charge in [-0.3, -0.25) is 0 Å². The molecule has 6 heteroatoms. The van der Waals surface area contributed by atoms with Gasteiger partial charge in [-0.15, -0.1) is 0 Å². The van der Waals surface area contributed by atoms with Crippen LogP contribution in [-0.4, -0.2) is 29.1 Å². The fourth-order valence-electron chi connectivity index (χ4n) is 11.1. The van der Waals surface area contributed by atoms with Gasteiger partial charge < -0.3 is 9.13 Å². The quantitative estimate of drug-likeness (QED) is 0.165. The van der Waals surface area contributed by atoms with Crippen LogP contribution >= 0.6 is 0 Å². The summed E-state index contributed by atoms with van der Waals surface area (Å²) >= 11 is 0. The van der Waals surface area contributed by atoms with Crippen LogP contribution in [0.1, 0.15) is 49.9 Å². The number of nitrogens with zero attached hydrogens (tertiary/aromatic N) is 6. The van der Waals surface area contributed by atoms with Crippen LogP contribution in [0.5, 0.6) is 0 Å². The van der Waals surface area contributed by atoms with Crippen molar-refractivity contribution in [2.45, 2.75) is 38.5 Å². The van der Waals surface area contributed by atoms with Crippen molar-refractivity contribution >= 4 is 65.4 Å². The van der Waals surface area contributed by atoms with Gasteiger partial charge in [0.2, 0.25) is 0 Å². The van der Waals surface area contributed by atoms with Crippen molar-refractivity contribution in [3.8, 4) is 33.6 Å². The van der Waals surface area contributed by atoms with E-state index >= 15 is 0 Å². The molecule has 4 heterocycles. The van der Waals surface area contributed by atoms with Gasteiger partial charge in [-0.05, 0) is 91.7 Å². The van der Waals surface area contributed by atoms with E-state index in [-0.39, 0.29) is 10.8 Å². The highest BCUT2D eigenvalue weighted by atomic mass is 15.0. The van der Waals surface area contributed by atoms with Gasteiger partial charge in [0.05, 0.1) is 45.8 Å². The largest absolute Gasteiger partial charge is 0.306 e. The molecule has 4 aromatic heterocycles. The fourth-order valence-corrected chi connectivity index (χ4v) is 11.1. The first kappa shape index (κ1) is 32.0. The second-order valence-corrected chi connectivity index (χ2v) is 17.1. The van der Waals surface area contributed by atoms with Crippen molar-refractivity contribution in [1.29, 1.82) is 0 Å². The summed E-state index contributed by atoms with van der Waals surface area (Å²) in [4.78, 5) is 19.1. The Bertz CT molecular complexity index is 3400. The van der Waals surface area contributed by atoms with E-state index < -0.39 is 0 Å². The molecule has 0 bridgehead atoms. The van der Waals surface area contributed by atoms with E-state index in [1.165, 1.54) is 66.1 Å². The monoisotopic (exact) mass is 744 g/mol. The molecule has 58 heavy (non-hydrogen) atoms. The summed E-state index contributed by atoms with van der Waals surface area (Å²) < 4.78 is 4.76. The molecule has 0 radical (unpaired) electrons. The van der Waals surface area contributed by atoms with Crippen molar-refractivity contribution in [2.24, 2.45) is 0 Å². The number of rotatable bonds is 2. The van der Waals surface area contributed by atoms with Gasteiger partial charge in [0.25, 0.3) is 0 Å². The smallest absolute Gasteiger partial charge is 0.116 e. The molecule has 0 saturated heterocycles. The van der Waals surface area contributed by atoms with Gasteiger partial charge in [-0.25, -0.2) is 19.9 Å². The zero-order valence-electron chi connectivity index (χ0n) is 32.5. The van der Waals surface area contributed by atoms with E-state index in [1.54, 1.807) is 12.7 Å². The molecular formula is C52H36N6. The average molecular weight is 745 g/mol. The maximum Gasteiger partial charge on any atom is 0.116 e. The Balaban J connectivity index is 1.07. The van der Waals surface area contributed by atoms with Crippen LogP contribution in [0, 0.1) is 0 Å². The van der Waals surface area contributed by atoms with E-state index in [0.717, 1.165) is 55.2 Å². The molecule has 0 spiro atoms. The Hall–Kier alpha value is -7.18. The van der Waals surface area contributed by atoms with Crippen LogP contribution in [0.25, 0.3) is 99.0 Å². The Morgan fingerprint density at radius 3 is 1.34 bits per heavy atom. The molecule has 7 aromatic carbocycles. The SMILES string of the molecule is CC1(C)c2ccccc2-c2ccc3c(c21)c1ncncc1n3-c1cccc2cc3c(-n4c5cncnc5c5c6c(ccc54)-c4ccccc4C6(C)C)cccc3cc12. The lowest BCUT2D eigenvalue weighted by molar-refractivity contribution is 0.666. The summed E-state index contributed by atoms with van der Waals surface area (Å²) in [5, 5.41) is 7.05. The summed E-state index contributed by atoms with van der Waals surface area (Å²) in [6.07, 6.45) is 7.32. The molecule has 2 aliphatic rings. The summed E-state index contributed by atoms with van der Waals surface area (Å²) in [7, 11) is 0. The van der Waals surface area contributed by atoms with E-state index in [9.17, 15) is 0 Å². The topological polar surface area (TPSA) is 61.4 Å². The predicted molar refractivity (Wildman–Crippen MR) is 236 cm³/mol. The van der Waals surface area contributed by atoms with Crippen LogP contribution < -0.4 is 0 Å². The Morgan fingerprint density at radius 2 is 0.879 bits per heavy atom. The highest BCUT2D eigenvalue weighted by Crippen LogP contribution is 2.55. The Morgan fingerprint density at radius 1 is 0.431 bits per heavy atom. The zero-order chi connectivity index (χ0) is 38.7. The fraction of sp³-hybridized carbons (Fsp3) is 0.115. The summed E-state index contributed by atoms with van der Waals surface area (Å²) in [5.74, 6) is 0. The average Bonchev–Trinajstić information content (AvgIpc) is 3.91. The molecule has 0 unspecified atom stereocenters. The van der Waals surface area contributed by atoms with Gasteiger partial charge >= 0.3 is 0 Å². The van der Waals surface area contributed by atoms with Crippen LogP contribution in [0.4, 0.5) is 0 Å². The minimum absolute atomic E-state index is 0.182. The number of fused-ring (bicyclic) bond motifs is 16. The normalized spacial score (nSPS) is 14.8. The summed E-state index contributed by atoms with van der Waals surface area (Å²) in [6, 6.07) is 44.9. The molecule has 0 saturated carbocycles. The van der Waals surface area contributed by atoms with Crippen molar-refractivity contribution in [3.63, 3.8) is 0 Å². The van der Waals surface area contributed by atoms with Crippen molar-refractivity contribution in [1.82, 2.24) is 29.1 Å². The van der Waals surface area contributed by atoms with E-state index in [0.29, 0.717) is 0 Å². The van der Waals surface area contributed by atoms with Crippen molar-refractivity contribution in [2.75, 3.05) is 0 Å². The number of hydrogen-bond donors (Lipinski definition) is 0. The van der Waals surface area contributed by atoms with Crippen LogP contribution in [0.2, 0.25) is 0 Å². The lowest BCUT2D eigenvalue weighted by atomic mass is 9.81. The second-order valence-electron chi connectivity index (χ2n) is 17.1. The molecule has 274 valence electrons. The maximum absolute atomic E-state index is 4.98. The Labute approximate surface area is 334 Å². The molecule has 0 atom stereocenters. The van der Waals surface area contributed by atoms with Crippen molar-refractivity contribution < 1.29 is 0 Å². The minimum atomic E-state index is -0.182. The van der Waals surface area contributed by atoms with Gasteiger partial charge in [0.15, 0.2) is 0 Å². The summed E-state index contributed by atoms with van der Waals surface area (Å²) in [6.45, 7) is 9.39. The lowest BCUT2D eigenvalue weighted by Gasteiger charge is -2.22. The lowest BCUT2D eigenvalue weighted by Crippen LogP contribution is -2.15. The molecular weight excluding hydrogens is 709 g/mol. The van der Waals surface area contributed by atoms with Crippen molar-refractivity contribution in [3.05, 3.63) is 169 Å². The number of benzene rings is 7. The molecule has 11 aromatic rings. The first-order chi connectivity index (χ1) is 28.3. The molecule has 13 rings (SSSR count). The third-order valence-electron chi connectivity index (χ3n) is 13.5. The highest BCUT2D eigenvalue weighted by molar-refractivity contribution is 6.16. The molecule has 0 aliphatic heterocycles. The van der Waals surface area contributed by atoms with Gasteiger partial charge in [-0.2, -0.15) is 0 Å². The number of aromatic nitrogens is 6. The summed E-state index contributed by atoms with van der Waals surface area (Å²) in [5.41, 5.74) is 18.6. The van der Waals surface area contributed by atoms with Gasteiger partial charge in [-0.1, -0.05) is 113 Å². The second kappa shape index (κ2) is 10.8. The Kier molecular flexibility index (Phi) is 5.96. The third-order valence-corrected chi connectivity index (χ3v) is 13.5. The molecule has 0 fully saturated rings. The maximum atomic E-state index is 4.98. The zero-order valence-corrected chi connectivity index (χ0v) is 32.5. The molecule has 6 nitrogen and oxygen atoms in total. The molecule has 2 aliphatic carbocycles. The highest BCUT2D eigenvalue weighted by Gasteiger charge is 2.40. The van der Waals surface area contributed by atoms with Crippen LogP contribution in [0.15, 0.2) is 146 Å². The first-order valence-corrected chi connectivity index (χ1v) is 20.0. The van der Waals surface area contributed by atoms with Crippen LogP contribution in [-0.2, 0) is 10.8 Å². The van der Waals surface area contributed by atoms with E-state index in [1.807, 2.05) is 12.4 Å².